The minimum Gasteiger partial charge on any atom is -0.490 e. The molecule has 1 aliphatic rings. The lowest BCUT2D eigenvalue weighted by atomic mass is 9.92. The fourth-order valence-electron chi connectivity index (χ4n) is 3.12. The summed E-state index contributed by atoms with van der Waals surface area (Å²) in [6, 6.07) is 13.7. The first-order valence-corrected chi connectivity index (χ1v) is 10.2. The number of hydrogen-bond acceptors (Lipinski definition) is 4. The predicted molar refractivity (Wildman–Crippen MR) is 114 cm³/mol. The summed E-state index contributed by atoms with van der Waals surface area (Å²) in [5.74, 6) is 0.205. The Bertz CT molecular complexity index is 941. The van der Waals surface area contributed by atoms with Gasteiger partial charge in [-0.1, -0.05) is 36.4 Å². The average molecular weight is 459 g/mol. The van der Waals surface area contributed by atoms with Gasteiger partial charge in [-0.25, -0.2) is 9.59 Å². The van der Waals surface area contributed by atoms with Crippen molar-refractivity contribution in [3.05, 3.63) is 69.7 Å². The van der Waals surface area contributed by atoms with E-state index < -0.39 is 12.0 Å². The highest BCUT2D eigenvalue weighted by Gasteiger charge is 2.34. The first kappa shape index (κ1) is 20.9. The molecular formula is C22H23BrN2O4. The summed E-state index contributed by atoms with van der Waals surface area (Å²) < 4.78 is 11.8. The van der Waals surface area contributed by atoms with Gasteiger partial charge in [0, 0.05) is 0 Å². The second-order valence-electron chi connectivity index (χ2n) is 6.76. The van der Waals surface area contributed by atoms with Crippen LogP contribution in [-0.4, -0.2) is 24.7 Å². The summed E-state index contributed by atoms with van der Waals surface area (Å²) in [6.45, 7) is 5.87. The van der Waals surface area contributed by atoms with E-state index in [1.54, 1.807) is 6.92 Å². The minimum absolute atomic E-state index is 0.0235. The van der Waals surface area contributed by atoms with E-state index in [0.29, 0.717) is 17.0 Å². The van der Waals surface area contributed by atoms with Gasteiger partial charge in [-0.05, 0) is 60.0 Å². The largest absolute Gasteiger partial charge is 0.490 e. The number of halogens is 1. The summed E-state index contributed by atoms with van der Waals surface area (Å²) in [7, 11) is 0. The molecule has 2 aromatic rings. The molecule has 0 spiro atoms. The molecule has 2 amide bonds. The molecule has 0 aromatic heterocycles. The highest BCUT2D eigenvalue weighted by atomic mass is 79.9. The van der Waals surface area contributed by atoms with Gasteiger partial charge in [-0.2, -0.15) is 0 Å². The molecule has 6 nitrogen and oxygen atoms in total. The second kappa shape index (κ2) is 9.13. The van der Waals surface area contributed by atoms with E-state index in [1.807, 2.05) is 62.4 Å². The Labute approximate surface area is 178 Å². The lowest BCUT2D eigenvalue weighted by Crippen LogP contribution is -2.45. The van der Waals surface area contributed by atoms with Gasteiger partial charge >= 0.3 is 12.0 Å². The molecule has 7 heteroatoms. The van der Waals surface area contributed by atoms with E-state index in [2.05, 4.69) is 26.6 Å². The third-order valence-corrected chi connectivity index (χ3v) is 4.90. The van der Waals surface area contributed by atoms with Gasteiger partial charge in [0.15, 0.2) is 0 Å². The van der Waals surface area contributed by atoms with E-state index in [9.17, 15) is 9.59 Å². The van der Waals surface area contributed by atoms with E-state index in [0.717, 1.165) is 15.6 Å². The molecule has 0 fully saturated rings. The van der Waals surface area contributed by atoms with Crippen LogP contribution in [0.2, 0.25) is 0 Å². The summed E-state index contributed by atoms with van der Waals surface area (Å²) >= 11 is 3.52. The van der Waals surface area contributed by atoms with Crippen LogP contribution in [0, 0.1) is 0 Å². The molecular weight excluding hydrogens is 436 g/mol. The molecule has 1 aliphatic heterocycles. The maximum atomic E-state index is 12.9. The molecule has 2 N–H and O–H groups in total. The molecule has 1 heterocycles. The normalized spacial score (nSPS) is 16.3. The summed E-state index contributed by atoms with van der Waals surface area (Å²) in [5.41, 5.74) is 2.26. The fourth-order valence-corrected chi connectivity index (χ4v) is 3.61. The highest BCUT2D eigenvalue weighted by Crippen LogP contribution is 2.35. The van der Waals surface area contributed by atoms with Crippen molar-refractivity contribution >= 4 is 33.6 Å². The highest BCUT2D eigenvalue weighted by molar-refractivity contribution is 9.10. The number of esters is 1. The lowest BCUT2D eigenvalue weighted by molar-refractivity contribution is -0.138. The van der Waals surface area contributed by atoms with E-state index in [-0.39, 0.29) is 18.7 Å². The summed E-state index contributed by atoms with van der Waals surface area (Å²) in [5, 5.41) is 5.61. The monoisotopic (exact) mass is 458 g/mol. The zero-order valence-electron chi connectivity index (χ0n) is 16.5. The molecule has 3 rings (SSSR count). The van der Waals surface area contributed by atoms with Crippen molar-refractivity contribution in [1.29, 1.82) is 0 Å². The average Bonchev–Trinajstić information content (AvgIpc) is 2.69. The number of benzene rings is 2. The number of rotatable bonds is 6. The second-order valence-corrected chi connectivity index (χ2v) is 7.62. The Morgan fingerprint density at radius 1 is 1.17 bits per heavy atom. The number of hydrogen-bond donors (Lipinski definition) is 2. The van der Waals surface area contributed by atoms with Crippen LogP contribution in [0.25, 0.3) is 5.70 Å². The zero-order chi connectivity index (χ0) is 21.0. The molecule has 0 bridgehead atoms. The Morgan fingerprint density at radius 3 is 2.52 bits per heavy atom. The molecule has 1 unspecified atom stereocenters. The molecule has 0 radical (unpaired) electrons. The minimum atomic E-state index is -0.664. The third kappa shape index (κ3) is 4.79. The van der Waals surface area contributed by atoms with Gasteiger partial charge in [0.05, 0.1) is 34.5 Å². The van der Waals surface area contributed by atoms with Crippen molar-refractivity contribution in [1.82, 2.24) is 10.6 Å². The molecule has 1 atom stereocenters. The fraction of sp³-hybridized carbons (Fsp3) is 0.273. The number of carbonyl (C=O) groups excluding carboxylic acids is 2. The van der Waals surface area contributed by atoms with Crippen molar-refractivity contribution in [3.63, 3.8) is 0 Å². The Hall–Kier alpha value is -2.80. The van der Waals surface area contributed by atoms with Crippen LogP contribution in [0.1, 0.15) is 37.9 Å². The van der Waals surface area contributed by atoms with Gasteiger partial charge in [0.2, 0.25) is 0 Å². The van der Waals surface area contributed by atoms with E-state index in [4.69, 9.17) is 9.47 Å². The SMILES string of the molecule is CCOC(=O)C1=C(c2ccccc2)NC(=O)NC1c1ccc(OC(C)C)c(Br)c1. The van der Waals surface area contributed by atoms with Gasteiger partial charge in [-0.15, -0.1) is 0 Å². The smallest absolute Gasteiger partial charge is 0.338 e. The number of urea groups is 1. The predicted octanol–water partition coefficient (Wildman–Crippen LogP) is 4.56. The van der Waals surface area contributed by atoms with Crippen LogP contribution in [0.5, 0.6) is 5.75 Å². The van der Waals surface area contributed by atoms with Crippen molar-refractivity contribution in [2.24, 2.45) is 0 Å². The molecule has 2 aromatic carbocycles. The molecule has 29 heavy (non-hydrogen) atoms. The first-order valence-electron chi connectivity index (χ1n) is 9.41. The maximum Gasteiger partial charge on any atom is 0.338 e. The van der Waals surface area contributed by atoms with Crippen molar-refractivity contribution in [2.75, 3.05) is 6.61 Å². The van der Waals surface area contributed by atoms with E-state index >= 15 is 0 Å². The first-order chi connectivity index (χ1) is 13.9. The van der Waals surface area contributed by atoms with Crippen LogP contribution in [-0.2, 0) is 9.53 Å². The lowest BCUT2D eigenvalue weighted by Gasteiger charge is -2.30. The summed E-state index contributed by atoms with van der Waals surface area (Å²) in [6.07, 6.45) is 0.0235. The van der Waals surface area contributed by atoms with Gasteiger partial charge < -0.3 is 20.1 Å². The van der Waals surface area contributed by atoms with Crippen LogP contribution >= 0.6 is 15.9 Å². The number of amides is 2. The Balaban J connectivity index is 2.11. The van der Waals surface area contributed by atoms with E-state index in [1.165, 1.54) is 0 Å². The van der Waals surface area contributed by atoms with Crippen molar-refractivity contribution in [2.45, 2.75) is 32.9 Å². The number of ether oxygens (including phenoxy) is 2. The molecule has 152 valence electrons. The van der Waals surface area contributed by atoms with Crippen LogP contribution < -0.4 is 15.4 Å². The van der Waals surface area contributed by atoms with Crippen molar-refractivity contribution in [3.8, 4) is 5.75 Å². The number of nitrogens with one attached hydrogen (secondary N) is 2. The quantitative estimate of drug-likeness (QED) is 0.621. The van der Waals surface area contributed by atoms with Crippen LogP contribution in [0.3, 0.4) is 0 Å². The zero-order valence-corrected chi connectivity index (χ0v) is 18.1. The molecule has 0 saturated heterocycles. The maximum absolute atomic E-state index is 12.9. The third-order valence-electron chi connectivity index (χ3n) is 4.28. The van der Waals surface area contributed by atoms with Gasteiger partial charge in [0.25, 0.3) is 0 Å². The van der Waals surface area contributed by atoms with Crippen LogP contribution in [0.4, 0.5) is 4.79 Å². The standard InChI is InChI=1S/C22H23BrN2O4/c1-4-28-21(26)18-19(14-8-6-5-7-9-14)24-22(27)25-20(18)15-10-11-17(16(23)12-15)29-13(2)3/h5-13,20H,4H2,1-3H3,(H2,24,25,27). The van der Waals surface area contributed by atoms with Crippen molar-refractivity contribution < 1.29 is 19.1 Å². The Kier molecular flexibility index (Phi) is 6.59. The number of carbonyl (C=O) groups is 2. The molecule has 0 saturated carbocycles. The molecule has 0 aliphatic carbocycles. The summed E-state index contributed by atoms with van der Waals surface area (Å²) in [4.78, 5) is 25.3. The van der Waals surface area contributed by atoms with Gasteiger partial charge in [-0.3, -0.25) is 0 Å². The van der Waals surface area contributed by atoms with Gasteiger partial charge in [0.1, 0.15) is 5.75 Å². The Morgan fingerprint density at radius 2 is 1.90 bits per heavy atom. The topological polar surface area (TPSA) is 76.7 Å². The van der Waals surface area contributed by atoms with Crippen LogP contribution in [0.15, 0.2) is 58.6 Å².